The minimum atomic E-state index is -1.06. The van der Waals surface area contributed by atoms with Crippen LogP contribution in [0.1, 0.15) is 35.7 Å². The zero-order chi connectivity index (χ0) is 18.8. The summed E-state index contributed by atoms with van der Waals surface area (Å²) in [5.74, 6) is -2.64. The molecule has 2 aromatic rings. The third kappa shape index (κ3) is 3.59. The summed E-state index contributed by atoms with van der Waals surface area (Å²) >= 11 is 0. The third-order valence-corrected chi connectivity index (χ3v) is 4.55. The normalized spacial score (nSPS) is 14.3. The van der Waals surface area contributed by atoms with Crippen LogP contribution in [0, 0.1) is 17.6 Å². The minimum absolute atomic E-state index is 0.0768. The van der Waals surface area contributed by atoms with E-state index in [-0.39, 0.29) is 36.4 Å². The molecule has 1 aliphatic rings. The van der Waals surface area contributed by atoms with Gasteiger partial charge in [-0.2, -0.15) is 0 Å². The Kier molecular flexibility index (Phi) is 5.02. The van der Waals surface area contributed by atoms with Crippen molar-refractivity contribution in [2.75, 3.05) is 18.4 Å². The standard InChI is InChI=1S/C20H20F2N2O2/c1-12(2)15-5-3-4-6-18(15)23-19(25)14-10-24(11-14)20(26)13-7-8-16(21)17(22)9-13/h3-9,12,14H,10-11H2,1-2H3,(H,23,25). The van der Waals surface area contributed by atoms with Gasteiger partial charge in [-0.15, -0.1) is 0 Å². The second-order valence-electron chi connectivity index (χ2n) is 6.77. The maximum Gasteiger partial charge on any atom is 0.254 e. The Labute approximate surface area is 150 Å². The summed E-state index contributed by atoms with van der Waals surface area (Å²) < 4.78 is 26.2. The molecule has 0 spiro atoms. The lowest BCUT2D eigenvalue weighted by molar-refractivity contribution is -0.123. The Bertz CT molecular complexity index is 845. The number of anilines is 1. The van der Waals surface area contributed by atoms with Gasteiger partial charge >= 0.3 is 0 Å². The van der Waals surface area contributed by atoms with Crippen molar-refractivity contribution in [1.82, 2.24) is 4.90 Å². The number of benzene rings is 2. The van der Waals surface area contributed by atoms with Crippen molar-refractivity contribution in [3.05, 3.63) is 65.2 Å². The number of carbonyl (C=O) groups is 2. The van der Waals surface area contributed by atoms with E-state index < -0.39 is 17.5 Å². The van der Waals surface area contributed by atoms with E-state index in [0.29, 0.717) is 0 Å². The van der Waals surface area contributed by atoms with E-state index in [4.69, 9.17) is 0 Å². The van der Waals surface area contributed by atoms with Gasteiger partial charge in [0.15, 0.2) is 11.6 Å². The second kappa shape index (κ2) is 7.23. The Morgan fingerprint density at radius 1 is 1.08 bits per heavy atom. The van der Waals surface area contributed by atoms with Crippen molar-refractivity contribution in [1.29, 1.82) is 0 Å². The predicted molar refractivity (Wildman–Crippen MR) is 94.9 cm³/mol. The number of nitrogens with one attached hydrogen (secondary N) is 1. The number of hydrogen-bond donors (Lipinski definition) is 1. The highest BCUT2D eigenvalue weighted by atomic mass is 19.2. The monoisotopic (exact) mass is 358 g/mol. The molecule has 1 N–H and O–H groups in total. The van der Waals surface area contributed by atoms with Crippen molar-refractivity contribution < 1.29 is 18.4 Å². The first-order chi connectivity index (χ1) is 12.4. The maximum absolute atomic E-state index is 13.3. The summed E-state index contributed by atoms with van der Waals surface area (Å²) in [5.41, 5.74) is 1.90. The van der Waals surface area contributed by atoms with Gasteiger partial charge in [-0.3, -0.25) is 9.59 Å². The molecule has 0 saturated carbocycles. The number of nitrogens with zero attached hydrogens (tertiary/aromatic N) is 1. The Hall–Kier alpha value is -2.76. The van der Waals surface area contributed by atoms with Crippen LogP contribution in [0.4, 0.5) is 14.5 Å². The van der Waals surface area contributed by atoms with Gasteiger partial charge in [-0.25, -0.2) is 8.78 Å². The Morgan fingerprint density at radius 2 is 1.77 bits per heavy atom. The largest absolute Gasteiger partial charge is 0.337 e. The topological polar surface area (TPSA) is 49.4 Å². The number of carbonyl (C=O) groups excluding carboxylic acids is 2. The zero-order valence-corrected chi connectivity index (χ0v) is 14.6. The van der Waals surface area contributed by atoms with E-state index >= 15 is 0 Å². The van der Waals surface area contributed by atoms with Crippen LogP contribution in [0.15, 0.2) is 42.5 Å². The van der Waals surface area contributed by atoms with Gasteiger partial charge in [-0.05, 0) is 35.7 Å². The van der Waals surface area contributed by atoms with Gasteiger partial charge in [-0.1, -0.05) is 32.0 Å². The fraction of sp³-hybridized carbons (Fsp3) is 0.300. The molecule has 1 heterocycles. The Balaban J connectivity index is 1.60. The first kappa shape index (κ1) is 18.0. The van der Waals surface area contributed by atoms with Gasteiger partial charge < -0.3 is 10.2 Å². The molecule has 0 unspecified atom stereocenters. The second-order valence-corrected chi connectivity index (χ2v) is 6.77. The van der Waals surface area contributed by atoms with Crippen molar-refractivity contribution in [2.24, 2.45) is 5.92 Å². The molecule has 0 aromatic heterocycles. The average Bonchev–Trinajstić information content (AvgIpc) is 2.56. The summed E-state index contributed by atoms with van der Waals surface area (Å²) in [5, 5.41) is 2.92. The lowest BCUT2D eigenvalue weighted by Gasteiger charge is -2.38. The highest BCUT2D eigenvalue weighted by Crippen LogP contribution is 2.26. The van der Waals surface area contributed by atoms with Gasteiger partial charge in [0.05, 0.1) is 5.92 Å². The van der Waals surface area contributed by atoms with Crippen molar-refractivity contribution in [3.63, 3.8) is 0 Å². The molecule has 1 fully saturated rings. The van der Waals surface area contributed by atoms with E-state index in [2.05, 4.69) is 19.2 Å². The molecule has 4 nitrogen and oxygen atoms in total. The molecule has 1 saturated heterocycles. The van der Waals surface area contributed by atoms with Gasteiger partial charge in [0, 0.05) is 24.3 Å². The van der Waals surface area contributed by atoms with Crippen molar-refractivity contribution in [2.45, 2.75) is 19.8 Å². The average molecular weight is 358 g/mol. The van der Waals surface area contributed by atoms with E-state index in [9.17, 15) is 18.4 Å². The van der Waals surface area contributed by atoms with Crippen molar-refractivity contribution >= 4 is 17.5 Å². The lowest BCUT2D eigenvalue weighted by Crippen LogP contribution is -2.54. The van der Waals surface area contributed by atoms with E-state index in [1.165, 1.54) is 11.0 Å². The van der Waals surface area contributed by atoms with Crippen LogP contribution in [0.5, 0.6) is 0 Å². The number of rotatable bonds is 4. The van der Waals surface area contributed by atoms with Crippen LogP contribution in [-0.2, 0) is 4.79 Å². The summed E-state index contributed by atoms with van der Waals surface area (Å²) in [4.78, 5) is 26.1. The zero-order valence-electron chi connectivity index (χ0n) is 14.6. The van der Waals surface area contributed by atoms with E-state index in [1.807, 2.05) is 24.3 Å². The molecule has 0 aliphatic carbocycles. The molecule has 6 heteroatoms. The molecule has 0 radical (unpaired) electrons. The molecular formula is C20H20F2N2O2. The maximum atomic E-state index is 13.3. The molecular weight excluding hydrogens is 338 g/mol. The molecule has 0 atom stereocenters. The van der Waals surface area contributed by atoms with Crippen LogP contribution < -0.4 is 5.32 Å². The fourth-order valence-corrected chi connectivity index (χ4v) is 2.97. The number of para-hydroxylation sites is 1. The van der Waals surface area contributed by atoms with Gasteiger partial charge in [0.2, 0.25) is 5.91 Å². The Morgan fingerprint density at radius 3 is 2.42 bits per heavy atom. The first-order valence-corrected chi connectivity index (χ1v) is 8.51. The van der Waals surface area contributed by atoms with Crippen LogP contribution in [0.25, 0.3) is 0 Å². The molecule has 0 bridgehead atoms. The molecule has 26 heavy (non-hydrogen) atoms. The lowest BCUT2D eigenvalue weighted by atomic mass is 9.96. The van der Waals surface area contributed by atoms with Crippen LogP contribution in [0.2, 0.25) is 0 Å². The summed E-state index contributed by atoms with van der Waals surface area (Å²) in [7, 11) is 0. The highest BCUT2D eigenvalue weighted by molar-refractivity contribution is 5.98. The molecule has 136 valence electrons. The van der Waals surface area contributed by atoms with Crippen molar-refractivity contribution in [3.8, 4) is 0 Å². The molecule has 3 rings (SSSR count). The number of halogens is 2. The third-order valence-electron chi connectivity index (χ3n) is 4.55. The highest BCUT2D eigenvalue weighted by Gasteiger charge is 2.36. The van der Waals surface area contributed by atoms with Gasteiger partial charge in [0.25, 0.3) is 5.91 Å². The predicted octanol–water partition coefficient (Wildman–Crippen LogP) is 3.80. The molecule has 2 aromatic carbocycles. The van der Waals surface area contributed by atoms with E-state index in [0.717, 1.165) is 23.4 Å². The summed E-state index contributed by atoms with van der Waals surface area (Å²) in [6.07, 6.45) is 0. The summed E-state index contributed by atoms with van der Waals surface area (Å²) in [6.45, 7) is 4.62. The van der Waals surface area contributed by atoms with Crippen LogP contribution in [0.3, 0.4) is 0 Å². The quantitative estimate of drug-likeness (QED) is 0.904. The van der Waals surface area contributed by atoms with Gasteiger partial charge in [0.1, 0.15) is 0 Å². The van der Waals surface area contributed by atoms with Crippen LogP contribution in [-0.4, -0.2) is 29.8 Å². The van der Waals surface area contributed by atoms with Crippen LogP contribution >= 0.6 is 0 Å². The molecule has 1 aliphatic heterocycles. The summed E-state index contributed by atoms with van der Waals surface area (Å²) in [6, 6.07) is 10.7. The first-order valence-electron chi connectivity index (χ1n) is 8.51. The minimum Gasteiger partial charge on any atom is -0.337 e. The number of hydrogen-bond acceptors (Lipinski definition) is 2. The molecule has 2 amide bonds. The fourth-order valence-electron chi connectivity index (χ4n) is 2.97. The number of amides is 2. The van der Waals surface area contributed by atoms with E-state index in [1.54, 1.807) is 0 Å². The smallest absolute Gasteiger partial charge is 0.254 e. The number of likely N-dealkylation sites (tertiary alicyclic amines) is 1. The SMILES string of the molecule is CC(C)c1ccccc1NC(=O)C1CN(C(=O)c2ccc(F)c(F)c2)C1.